The average molecular weight is 434 g/mol. The molecule has 1 atom stereocenters. The van der Waals surface area contributed by atoms with E-state index in [1.165, 1.54) is 22.6 Å². The summed E-state index contributed by atoms with van der Waals surface area (Å²) >= 11 is 0. The van der Waals surface area contributed by atoms with Crippen molar-refractivity contribution in [3.8, 4) is 0 Å². The molecule has 32 heavy (non-hydrogen) atoms. The number of carbonyl (C=O) groups is 1. The number of rotatable bonds is 5. The number of anilines is 1. The summed E-state index contributed by atoms with van der Waals surface area (Å²) in [5.74, 6) is 0.657. The highest BCUT2D eigenvalue weighted by Gasteiger charge is 2.33. The summed E-state index contributed by atoms with van der Waals surface area (Å²) in [6.45, 7) is 7.06. The Labute approximate surface area is 191 Å². The van der Waals surface area contributed by atoms with Gasteiger partial charge >= 0.3 is 0 Å². The van der Waals surface area contributed by atoms with E-state index < -0.39 is 0 Å². The number of piperidine rings is 1. The lowest BCUT2D eigenvalue weighted by atomic mass is 9.97. The normalized spacial score (nSPS) is 22.9. The molecule has 1 saturated heterocycles. The van der Waals surface area contributed by atoms with Gasteiger partial charge in [-0.25, -0.2) is 0 Å². The summed E-state index contributed by atoms with van der Waals surface area (Å²) in [6.07, 6.45) is 13.4. The Morgan fingerprint density at radius 1 is 1.22 bits per heavy atom. The number of likely N-dealkylation sites (N-methyl/N-ethyl adjacent to an activating group) is 1. The van der Waals surface area contributed by atoms with E-state index >= 15 is 0 Å². The second-order valence-corrected chi connectivity index (χ2v) is 9.46. The Kier molecular flexibility index (Phi) is 5.96. The smallest absolute Gasteiger partial charge is 0.251 e. The van der Waals surface area contributed by atoms with Crippen LogP contribution in [0.4, 0.5) is 5.69 Å². The minimum Gasteiger partial charge on any atom is -0.365 e. The Morgan fingerprint density at radius 3 is 2.91 bits per heavy atom. The predicted molar refractivity (Wildman–Crippen MR) is 129 cm³/mol. The second-order valence-electron chi connectivity index (χ2n) is 9.46. The number of benzene rings is 1. The molecule has 0 aromatic heterocycles. The molecule has 170 valence electrons. The molecule has 0 bridgehead atoms. The van der Waals surface area contributed by atoms with Crippen LogP contribution in [0.5, 0.6) is 0 Å². The molecule has 0 spiro atoms. The Morgan fingerprint density at radius 2 is 2.06 bits per heavy atom. The van der Waals surface area contributed by atoms with Crippen LogP contribution in [0.2, 0.25) is 0 Å². The number of nitrogens with one attached hydrogen (secondary N) is 2. The third kappa shape index (κ3) is 4.04. The molecule has 1 unspecified atom stereocenters. The quantitative estimate of drug-likeness (QED) is 0.748. The molecule has 6 heteroatoms. The molecule has 1 fully saturated rings. The summed E-state index contributed by atoms with van der Waals surface area (Å²) in [5, 5.41) is 6.56. The Balaban J connectivity index is 1.28. The number of allylic oxidation sites excluding steroid dienone is 3. The van der Waals surface area contributed by atoms with Gasteiger partial charge in [0.15, 0.2) is 0 Å². The van der Waals surface area contributed by atoms with Gasteiger partial charge in [0.1, 0.15) is 6.17 Å². The lowest BCUT2D eigenvalue weighted by Crippen LogP contribution is -2.38. The first-order chi connectivity index (χ1) is 15.6. The zero-order valence-electron chi connectivity index (χ0n) is 19.3. The summed E-state index contributed by atoms with van der Waals surface area (Å²) in [7, 11) is 2.17. The summed E-state index contributed by atoms with van der Waals surface area (Å²) in [6, 6.07) is 6.28. The van der Waals surface area contributed by atoms with E-state index in [0.29, 0.717) is 5.92 Å². The van der Waals surface area contributed by atoms with Crippen LogP contribution in [0.3, 0.4) is 0 Å². The van der Waals surface area contributed by atoms with Crippen molar-refractivity contribution < 1.29 is 4.79 Å². The number of fused-ring (bicyclic) bond motifs is 2. The third-order valence-corrected chi connectivity index (χ3v) is 7.49. The lowest BCUT2D eigenvalue weighted by Gasteiger charge is -2.35. The largest absolute Gasteiger partial charge is 0.365 e. The van der Waals surface area contributed by atoms with E-state index in [1.807, 2.05) is 6.07 Å². The van der Waals surface area contributed by atoms with Gasteiger partial charge in [-0.1, -0.05) is 6.08 Å². The molecule has 4 aliphatic heterocycles. The highest BCUT2D eigenvalue weighted by Crippen LogP contribution is 2.34. The van der Waals surface area contributed by atoms with Crippen LogP contribution in [0, 0.1) is 5.92 Å². The number of nitrogens with zero attached hydrogens (tertiary/aromatic N) is 3. The van der Waals surface area contributed by atoms with E-state index in [2.05, 4.69) is 75.9 Å². The van der Waals surface area contributed by atoms with E-state index in [0.717, 1.165) is 64.0 Å². The van der Waals surface area contributed by atoms with Crippen molar-refractivity contribution in [2.75, 3.05) is 44.7 Å². The van der Waals surface area contributed by atoms with Crippen LogP contribution < -0.4 is 15.5 Å². The van der Waals surface area contributed by atoms with Crippen molar-refractivity contribution >= 4 is 11.6 Å². The maximum absolute atomic E-state index is 12.8. The lowest BCUT2D eigenvalue weighted by molar-refractivity contribution is 0.0944. The van der Waals surface area contributed by atoms with Gasteiger partial charge in [0.25, 0.3) is 5.91 Å². The third-order valence-electron chi connectivity index (χ3n) is 7.49. The predicted octanol–water partition coefficient (Wildman–Crippen LogP) is 3.06. The van der Waals surface area contributed by atoms with Crippen molar-refractivity contribution in [3.05, 3.63) is 65.1 Å². The van der Waals surface area contributed by atoms with Gasteiger partial charge in [0, 0.05) is 43.3 Å². The number of amides is 1. The topological polar surface area (TPSA) is 50.9 Å². The minimum absolute atomic E-state index is 0.0625. The zero-order valence-corrected chi connectivity index (χ0v) is 19.3. The summed E-state index contributed by atoms with van der Waals surface area (Å²) < 4.78 is 0. The van der Waals surface area contributed by atoms with Gasteiger partial charge in [-0.05, 0) is 87.5 Å². The van der Waals surface area contributed by atoms with Gasteiger partial charge in [0.05, 0.1) is 12.2 Å². The minimum atomic E-state index is 0.0625. The molecule has 1 amide bonds. The molecule has 2 N–H and O–H groups in total. The number of hydrogen-bond donors (Lipinski definition) is 2. The fourth-order valence-corrected chi connectivity index (χ4v) is 5.42. The first-order valence-electron chi connectivity index (χ1n) is 12.0. The SMILES string of the molecule is CC1=C(CN2CCCc3cc(C(=O)NCC4CCNCC4)ccc32)N2C=CC=CC2N1C. The van der Waals surface area contributed by atoms with Crippen LogP contribution >= 0.6 is 0 Å². The second kappa shape index (κ2) is 9.02. The molecule has 0 saturated carbocycles. The van der Waals surface area contributed by atoms with Gasteiger partial charge in [0.2, 0.25) is 0 Å². The van der Waals surface area contributed by atoms with Crippen LogP contribution in [0.1, 0.15) is 42.1 Å². The first kappa shape index (κ1) is 21.1. The van der Waals surface area contributed by atoms with Crippen molar-refractivity contribution in [3.63, 3.8) is 0 Å². The maximum Gasteiger partial charge on any atom is 0.251 e. The van der Waals surface area contributed by atoms with Crippen LogP contribution in [0.15, 0.2) is 54.0 Å². The maximum atomic E-state index is 12.8. The van der Waals surface area contributed by atoms with Crippen LogP contribution in [0.25, 0.3) is 0 Å². The summed E-state index contributed by atoms with van der Waals surface area (Å²) in [4.78, 5) is 20.0. The van der Waals surface area contributed by atoms with E-state index in [4.69, 9.17) is 0 Å². The van der Waals surface area contributed by atoms with E-state index in [-0.39, 0.29) is 12.1 Å². The van der Waals surface area contributed by atoms with Crippen molar-refractivity contribution in [2.45, 2.75) is 38.8 Å². The number of carbonyl (C=O) groups excluding carboxylic acids is 1. The molecule has 1 aromatic rings. The number of hydrogen-bond acceptors (Lipinski definition) is 5. The van der Waals surface area contributed by atoms with E-state index in [1.54, 1.807) is 0 Å². The molecule has 4 aliphatic rings. The van der Waals surface area contributed by atoms with Crippen LogP contribution in [-0.4, -0.2) is 61.6 Å². The average Bonchev–Trinajstić information content (AvgIpc) is 3.08. The molecule has 0 radical (unpaired) electrons. The Bertz CT molecular complexity index is 959. The monoisotopic (exact) mass is 433 g/mol. The molecule has 1 aromatic carbocycles. The fraction of sp³-hybridized carbons (Fsp3) is 0.500. The van der Waals surface area contributed by atoms with Crippen LogP contribution in [-0.2, 0) is 6.42 Å². The standard InChI is InChI=1S/C26H35N5O/c1-19-24(31-15-4-3-7-25(31)29(19)2)18-30-14-5-6-21-16-22(8-9-23(21)30)26(32)28-17-20-10-12-27-13-11-20/h3-4,7-9,15-16,20,25,27H,5-6,10-14,17-18H2,1-2H3,(H,28,32). The van der Waals surface area contributed by atoms with E-state index in [9.17, 15) is 4.79 Å². The molecular weight excluding hydrogens is 398 g/mol. The molecular formula is C26H35N5O. The highest BCUT2D eigenvalue weighted by molar-refractivity contribution is 5.95. The Hall–Kier alpha value is -2.73. The van der Waals surface area contributed by atoms with Crippen molar-refractivity contribution in [1.82, 2.24) is 20.4 Å². The molecule has 6 nitrogen and oxygen atoms in total. The highest BCUT2D eigenvalue weighted by atomic mass is 16.1. The van der Waals surface area contributed by atoms with Crippen molar-refractivity contribution in [1.29, 1.82) is 0 Å². The summed E-state index contributed by atoms with van der Waals surface area (Å²) in [5.41, 5.74) is 6.04. The van der Waals surface area contributed by atoms with Gasteiger partial charge in [-0.2, -0.15) is 0 Å². The van der Waals surface area contributed by atoms with Gasteiger partial charge < -0.3 is 25.3 Å². The van der Waals surface area contributed by atoms with Gasteiger partial charge in [-0.15, -0.1) is 0 Å². The molecule has 4 heterocycles. The van der Waals surface area contributed by atoms with Gasteiger partial charge in [-0.3, -0.25) is 4.79 Å². The zero-order chi connectivity index (χ0) is 22.1. The first-order valence-corrected chi connectivity index (χ1v) is 12.0. The molecule has 5 rings (SSSR count). The fourth-order valence-electron chi connectivity index (χ4n) is 5.42. The number of aryl methyl sites for hydroxylation is 1. The molecule has 0 aliphatic carbocycles. The van der Waals surface area contributed by atoms with Crippen molar-refractivity contribution in [2.24, 2.45) is 5.92 Å².